The van der Waals surface area contributed by atoms with E-state index in [1.54, 1.807) is 0 Å². The summed E-state index contributed by atoms with van der Waals surface area (Å²) in [5.41, 5.74) is 2.61. The van der Waals surface area contributed by atoms with Crippen molar-refractivity contribution in [1.29, 1.82) is 0 Å². The molecule has 1 heterocycles. The highest BCUT2D eigenvalue weighted by molar-refractivity contribution is 5.67. The van der Waals surface area contributed by atoms with E-state index in [-0.39, 0.29) is 46.7 Å². The minimum atomic E-state index is -0.390. The Morgan fingerprint density at radius 1 is 0.973 bits per heavy atom. The minimum absolute atomic E-state index is 0.0854. The summed E-state index contributed by atoms with van der Waals surface area (Å²) in [4.78, 5) is 24.1. The van der Waals surface area contributed by atoms with Crippen LogP contribution in [0, 0.1) is 40.4 Å². The molecule has 1 saturated heterocycles. The second-order valence-corrected chi connectivity index (χ2v) is 13.8. The first kappa shape index (κ1) is 27.0. The molecule has 1 spiro atoms. The number of epoxide rings is 1. The zero-order valence-electron chi connectivity index (χ0n) is 24.3. The summed E-state index contributed by atoms with van der Waals surface area (Å²) < 4.78 is 18.4. The molecule has 37 heavy (non-hydrogen) atoms. The minimum Gasteiger partial charge on any atom is -0.462 e. The SMILES string of the molecule is CC(=O)O[C@H]1CC[C@]2(C)C3=C(C4CC[C@H](C(C)/C=C/C(C)C(C)C)[C@@]4(C)CC3)[C@H](OC(C)=O)[C@@H]3O[C@@]32C1. The Balaban J connectivity index is 1.48. The highest BCUT2D eigenvalue weighted by Crippen LogP contribution is 2.72. The molecule has 206 valence electrons. The molecule has 0 N–H and O–H groups in total. The second kappa shape index (κ2) is 9.24. The molecule has 0 aromatic carbocycles. The van der Waals surface area contributed by atoms with Crippen LogP contribution in [0.15, 0.2) is 23.3 Å². The van der Waals surface area contributed by atoms with Crippen LogP contribution in [-0.2, 0) is 23.8 Å². The number of ether oxygens (including phenoxy) is 3. The first-order chi connectivity index (χ1) is 17.3. The smallest absolute Gasteiger partial charge is 0.303 e. The summed E-state index contributed by atoms with van der Waals surface area (Å²) in [5.74, 6) is 2.35. The van der Waals surface area contributed by atoms with Gasteiger partial charge in [0, 0.05) is 25.7 Å². The Bertz CT molecular complexity index is 1010. The fourth-order valence-electron chi connectivity index (χ4n) is 9.06. The Morgan fingerprint density at radius 3 is 2.32 bits per heavy atom. The highest BCUT2D eigenvalue weighted by atomic mass is 16.7. The van der Waals surface area contributed by atoms with Crippen molar-refractivity contribution in [2.75, 3.05) is 0 Å². The van der Waals surface area contributed by atoms with Crippen LogP contribution in [0.5, 0.6) is 0 Å². The third-order valence-corrected chi connectivity index (χ3v) is 11.5. The topological polar surface area (TPSA) is 65.1 Å². The molecule has 0 amide bonds. The van der Waals surface area contributed by atoms with Crippen molar-refractivity contribution in [3.05, 3.63) is 23.3 Å². The predicted octanol–water partition coefficient (Wildman–Crippen LogP) is 6.80. The van der Waals surface area contributed by atoms with Gasteiger partial charge in [0.05, 0.1) is 0 Å². The van der Waals surface area contributed by atoms with E-state index in [0.717, 1.165) is 25.7 Å². The molecule has 3 fully saturated rings. The van der Waals surface area contributed by atoms with E-state index in [2.05, 4.69) is 53.7 Å². The summed E-state index contributed by atoms with van der Waals surface area (Å²) >= 11 is 0. The molecule has 0 radical (unpaired) electrons. The summed E-state index contributed by atoms with van der Waals surface area (Å²) in [6, 6.07) is 0. The van der Waals surface area contributed by atoms with Crippen LogP contribution in [0.1, 0.15) is 100 Å². The zero-order valence-corrected chi connectivity index (χ0v) is 24.3. The summed E-state index contributed by atoms with van der Waals surface area (Å²) in [7, 11) is 0. The number of esters is 2. The van der Waals surface area contributed by atoms with Crippen LogP contribution in [0.3, 0.4) is 0 Å². The second-order valence-electron chi connectivity index (χ2n) is 13.8. The van der Waals surface area contributed by atoms with Gasteiger partial charge in [-0.15, -0.1) is 0 Å². The summed E-state index contributed by atoms with van der Waals surface area (Å²) in [5, 5.41) is 0. The van der Waals surface area contributed by atoms with Gasteiger partial charge in [0.15, 0.2) is 6.10 Å². The Morgan fingerprint density at radius 2 is 1.68 bits per heavy atom. The molecule has 5 aliphatic rings. The Hall–Kier alpha value is -1.62. The lowest BCUT2D eigenvalue weighted by Crippen LogP contribution is -2.56. The van der Waals surface area contributed by atoms with Gasteiger partial charge in [-0.3, -0.25) is 9.59 Å². The number of fused-ring (bicyclic) bond motifs is 3. The molecule has 0 bridgehead atoms. The van der Waals surface area contributed by atoms with E-state index < -0.39 is 0 Å². The van der Waals surface area contributed by atoms with Crippen molar-refractivity contribution < 1.29 is 23.8 Å². The fraction of sp³-hybridized carbons (Fsp3) is 0.812. The molecule has 3 unspecified atom stereocenters. The van der Waals surface area contributed by atoms with Crippen LogP contribution in [0.25, 0.3) is 0 Å². The first-order valence-corrected chi connectivity index (χ1v) is 14.8. The Kier molecular flexibility index (Phi) is 6.74. The van der Waals surface area contributed by atoms with Crippen molar-refractivity contribution in [2.24, 2.45) is 40.4 Å². The molecule has 5 rings (SSSR count). The lowest BCUT2D eigenvalue weighted by atomic mass is 9.49. The van der Waals surface area contributed by atoms with Crippen molar-refractivity contribution in [3.8, 4) is 0 Å². The van der Waals surface area contributed by atoms with E-state index in [1.807, 2.05) is 0 Å². The first-order valence-electron chi connectivity index (χ1n) is 14.8. The lowest BCUT2D eigenvalue weighted by molar-refractivity contribution is -0.151. The van der Waals surface area contributed by atoms with Crippen LogP contribution in [0.2, 0.25) is 0 Å². The maximum Gasteiger partial charge on any atom is 0.303 e. The van der Waals surface area contributed by atoms with Crippen LogP contribution in [0.4, 0.5) is 0 Å². The number of hydrogen-bond acceptors (Lipinski definition) is 5. The van der Waals surface area contributed by atoms with E-state index in [0.29, 0.717) is 36.0 Å². The average Bonchev–Trinajstić information content (AvgIpc) is 3.43. The molecule has 1 aliphatic heterocycles. The molecule has 5 heteroatoms. The van der Waals surface area contributed by atoms with Crippen molar-refractivity contribution in [2.45, 2.75) is 124 Å². The molecule has 5 nitrogen and oxygen atoms in total. The van der Waals surface area contributed by atoms with E-state index in [1.165, 1.54) is 37.8 Å². The van der Waals surface area contributed by atoms with Crippen LogP contribution in [-0.4, -0.2) is 35.9 Å². The Labute approximate surface area is 223 Å². The van der Waals surface area contributed by atoms with Gasteiger partial charge in [0.2, 0.25) is 0 Å². The predicted molar refractivity (Wildman–Crippen MR) is 144 cm³/mol. The maximum atomic E-state index is 12.4. The van der Waals surface area contributed by atoms with Crippen LogP contribution < -0.4 is 0 Å². The number of allylic oxidation sites excluding steroid dienone is 2. The molecule has 10 atom stereocenters. The van der Waals surface area contributed by atoms with Gasteiger partial charge >= 0.3 is 11.9 Å². The number of hydrogen-bond donors (Lipinski definition) is 0. The molecule has 4 aliphatic carbocycles. The monoisotopic (exact) mass is 512 g/mol. The fourth-order valence-corrected chi connectivity index (χ4v) is 9.06. The third-order valence-electron chi connectivity index (χ3n) is 11.5. The molecule has 2 saturated carbocycles. The lowest BCUT2D eigenvalue weighted by Gasteiger charge is -2.54. The van der Waals surface area contributed by atoms with Gasteiger partial charge in [-0.2, -0.15) is 0 Å². The van der Waals surface area contributed by atoms with Gasteiger partial charge in [0.25, 0.3) is 0 Å². The number of rotatable bonds is 6. The maximum absolute atomic E-state index is 12.4. The third kappa shape index (κ3) is 4.13. The highest BCUT2D eigenvalue weighted by Gasteiger charge is 2.77. The standard InChI is InChI=1S/C32H48O5/c1-18(2)19(3)9-10-20(4)24-11-12-25-27-26(14-15-30(24,25)7)31(8)16-13-23(35-21(5)33)17-32(31)29(37-32)28(27)36-22(6)34/h9-10,18-20,23-25,28-29H,11-17H2,1-8H3/b10-9+/t19?,20?,23-,24+,25?,28-,29-,30+,31+,32-/m0/s1. The van der Waals surface area contributed by atoms with Crippen molar-refractivity contribution >= 4 is 11.9 Å². The largest absolute Gasteiger partial charge is 0.462 e. The molecule has 0 aromatic rings. The van der Waals surface area contributed by atoms with Crippen molar-refractivity contribution in [3.63, 3.8) is 0 Å². The molecular weight excluding hydrogens is 464 g/mol. The van der Waals surface area contributed by atoms with E-state index in [9.17, 15) is 9.59 Å². The summed E-state index contributed by atoms with van der Waals surface area (Å²) in [6.45, 7) is 17.2. The number of carbonyl (C=O) groups is 2. The van der Waals surface area contributed by atoms with Gasteiger partial charge < -0.3 is 14.2 Å². The quantitative estimate of drug-likeness (QED) is 0.222. The van der Waals surface area contributed by atoms with Crippen LogP contribution >= 0.6 is 0 Å². The van der Waals surface area contributed by atoms with Gasteiger partial charge in [0.1, 0.15) is 17.8 Å². The van der Waals surface area contributed by atoms with Crippen molar-refractivity contribution in [1.82, 2.24) is 0 Å². The van der Waals surface area contributed by atoms with E-state index in [4.69, 9.17) is 14.2 Å². The normalized spacial score (nSPS) is 44.0. The average molecular weight is 513 g/mol. The van der Waals surface area contributed by atoms with Gasteiger partial charge in [-0.1, -0.05) is 59.3 Å². The number of carbonyl (C=O) groups excluding carboxylic acids is 2. The molecule has 0 aromatic heterocycles. The van der Waals surface area contributed by atoms with E-state index >= 15 is 0 Å². The van der Waals surface area contributed by atoms with Gasteiger partial charge in [-0.05, 0) is 79.1 Å². The summed E-state index contributed by atoms with van der Waals surface area (Å²) in [6.07, 6.45) is 11.4. The molecular formula is C32H48O5. The zero-order chi connectivity index (χ0) is 26.9. The van der Waals surface area contributed by atoms with Gasteiger partial charge in [-0.25, -0.2) is 0 Å².